The van der Waals surface area contributed by atoms with Crippen LogP contribution in [-0.2, 0) is 4.79 Å². The van der Waals surface area contributed by atoms with Crippen LogP contribution in [0.3, 0.4) is 0 Å². The molecule has 2 heterocycles. The second kappa shape index (κ2) is 5.80. The quantitative estimate of drug-likeness (QED) is 0.791. The van der Waals surface area contributed by atoms with Gasteiger partial charge in [0.05, 0.1) is 5.92 Å². The number of hydrogen-bond donors (Lipinski definition) is 1. The Morgan fingerprint density at radius 3 is 2.47 bits per heavy atom. The highest BCUT2D eigenvalue weighted by Gasteiger charge is 2.39. The van der Waals surface area contributed by atoms with Gasteiger partial charge in [0.1, 0.15) is 0 Å². The molecule has 0 saturated carbocycles. The summed E-state index contributed by atoms with van der Waals surface area (Å²) in [5.74, 6) is -1.15. The summed E-state index contributed by atoms with van der Waals surface area (Å²) in [4.78, 5) is 27.3. The molecule has 3 unspecified atom stereocenters. The van der Waals surface area contributed by atoms with Gasteiger partial charge in [0.15, 0.2) is 0 Å². The van der Waals surface area contributed by atoms with Crippen molar-refractivity contribution in [1.29, 1.82) is 0 Å². The summed E-state index contributed by atoms with van der Waals surface area (Å²) < 4.78 is 0. The van der Waals surface area contributed by atoms with E-state index in [4.69, 9.17) is 5.11 Å². The van der Waals surface area contributed by atoms with E-state index in [1.54, 1.807) is 4.90 Å². The van der Waals surface area contributed by atoms with Crippen molar-refractivity contribution in [2.75, 3.05) is 19.6 Å². The first-order valence-electron chi connectivity index (χ1n) is 7.29. The highest BCUT2D eigenvalue weighted by Crippen LogP contribution is 2.26. The zero-order valence-corrected chi connectivity index (χ0v) is 11.8. The minimum Gasteiger partial charge on any atom is -0.481 e. The molecule has 1 N–H and O–H groups in total. The van der Waals surface area contributed by atoms with Crippen LogP contribution in [0.25, 0.3) is 0 Å². The van der Waals surface area contributed by atoms with E-state index in [9.17, 15) is 9.59 Å². The standard InChI is InChI=1S/C14H24N2O3/c1-10-8-15(9-12(10)13(17)18)14(19)16-7-5-3-4-6-11(16)2/h10-12H,3-9H2,1-2H3,(H,17,18). The average Bonchev–Trinajstić information content (AvgIpc) is 2.62. The van der Waals surface area contributed by atoms with Gasteiger partial charge in [-0.15, -0.1) is 0 Å². The average molecular weight is 268 g/mol. The fourth-order valence-electron chi connectivity index (χ4n) is 3.19. The van der Waals surface area contributed by atoms with Crippen molar-refractivity contribution in [2.45, 2.75) is 45.6 Å². The van der Waals surface area contributed by atoms with Crippen molar-refractivity contribution >= 4 is 12.0 Å². The molecule has 0 aliphatic carbocycles. The van der Waals surface area contributed by atoms with Crippen LogP contribution < -0.4 is 0 Å². The minimum atomic E-state index is -0.785. The summed E-state index contributed by atoms with van der Waals surface area (Å²) in [6, 6.07) is 0.305. The summed E-state index contributed by atoms with van der Waals surface area (Å²) in [5.41, 5.74) is 0. The monoisotopic (exact) mass is 268 g/mol. The molecule has 0 aromatic rings. The maximum atomic E-state index is 12.5. The number of hydrogen-bond acceptors (Lipinski definition) is 2. The maximum Gasteiger partial charge on any atom is 0.320 e. The minimum absolute atomic E-state index is 0.0324. The Morgan fingerprint density at radius 1 is 1.11 bits per heavy atom. The maximum absolute atomic E-state index is 12.5. The molecule has 3 atom stereocenters. The van der Waals surface area contributed by atoms with Crippen LogP contribution >= 0.6 is 0 Å². The normalized spacial score (nSPS) is 32.2. The van der Waals surface area contributed by atoms with E-state index in [0.29, 0.717) is 13.1 Å². The lowest BCUT2D eigenvalue weighted by atomic mass is 9.99. The van der Waals surface area contributed by atoms with Crippen LogP contribution in [0.1, 0.15) is 39.5 Å². The van der Waals surface area contributed by atoms with E-state index in [-0.39, 0.29) is 18.0 Å². The number of carboxylic acid groups (broad SMARTS) is 1. The molecular weight excluding hydrogens is 244 g/mol. The lowest BCUT2D eigenvalue weighted by molar-refractivity contribution is -0.142. The van der Waals surface area contributed by atoms with Crippen LogP contribution in [0.5, 0.6) is 0 Å². The molecule has 2 saturated heterocycles. The highest BCUT2D eigenvalue weighted by molar-refractivity contribution is 5.78. The number of carbonyl (C=O) groups excluding carboxylic acids is 1. The Morgan fingerprint density at radius 2 is 1.84 bits per heavy atom. The van der Waals surface area contributed by atoms with E-state index < -0.39 is 11.9 Å². The van der Waals surface area contributed by atoms with Crippen LogP contribution in [-0.4, -0.2) is 52.6 Å². The number of carboxylic acids is 1. The lowest BCUT2D eigenvalue weighted by Gasteiger charge is -2.31. The van der Waals surface area contributed by atoms with Crippen molar-refractivity contribution in [3.05, 3.63) is 0 Å². The van der Waals surface area contributed by atoms with E-state index in [1.807, 2.05) is 11.8 Å². The molecule has 2 aliphatic rings. The first-order valence-corrected chi connectivity index (χ1v) is 7.29. The van der Waals surface area contributed by atoms with Gasteiger partial charge < -0.3 is 14.9 Å². The largest absolute Gasteiger partial charge is 0.481 e. The third-order valence-electron chi connectivity index (χ3n) is 4.50. The number of likely N-dealkylation sites (tertiary alicyclic amines) is 2. The molecule has 2 fully saturated rings. The Hall–Kier alpha value is -1.26. The van der Waals surface area contributed by atoms with Crippen molar-refractivity contribution in [3.8, 4) is 0 Å². The molecule has 5 nitrogen and oxygen atoms in total. The van der Waals surface area contributed by atoms with Gasteiger partial charge in [0, 0.05) is 25.7 Å². The SMILES string of the molecule is CC1CN(C(=O)N2CCCCCC2C)CC1C(=O)O. The first-order chi connectivity index (χ1) is 9.00. The molecule has 0 bridgehead atoms. The number of amides is 2. The van der Waals surface area contributed by atoms with Gasteiger partial charge in [-0.1, -0.05) is 19.8 Å². The van der Waals surface area contributed by atoms with Gasteiger partial charge in [0.25, 0.3) is 0 Å². The molecule has 19 heavy (non-hydrogen) atoms. The lowest BCUT2D eigenvalue weighted by Crippen LogP contribution is -2.46. The smallest absolute Gasteiger partial charge is 0.320 e. The van der Waals surface area contributed by atoms with Gasteiger partial charge in [-0.25, -0.2) is 4.79 Å². The number of rotatable bonds is 1. The number of urea groups is 1. The summed E-state index contributed by atoms with van der Waals surface area (Å²) in [6.07, 6.45) is 4.47. The van der Waals surface area contributed by atoms with E-state index in [1.165, 1.54) is 12.8 Å². The van der Waals surface area contributed by atoms with E-state index in [0.717, 1.165) is 19.4 Å². The Kier molecular flexibility index (Phi) is 4.32. The third kappa shape index (κ3) is 3.01. The van der Waals surface area contributed by atoms with Crippen molar-refractivity contribution in [2.24, 2.45) is 11.8 Å². The van der Waals surface area contributed by atoms with Crippen LogP contribution in [0.2, 0.25) is 0 Å². The van der Waals surface area contributed by atoms with E-state index in [2.05, 4.69) is 6.92 Å². The summed E-state index contributed by atoms with van der Waals surface area (Å²) in [5, 5.41) is 9.14. The zero-order valence-electron chi connectivity index (χ0n) is 11.8. The van der Waals surface area contributed by atoms with Crippen LogP contribution in [0, 0.1) is 11.8 Å². The fourth-order valence-corrected chi connectivity index (χ4v) is 3.19. The van der Waals surface area contributed by atoms with Gasteiger partial charge in [-0.2, -0.15) is 0 Å². The zero-order chi connectivity index (χ0) is 14.0. The molecular formula is C14H24N2O3. The van der Waals surface area contributed by atoms with Gasteiger partial charge in [-0.05, 0) is 25.7 Å². The second-order valence-electron chi connectivity index (χ2n) is 6.00. The van der Waals surface area contributed by atoms with Gasteiger partial charge in [-0.3, -0.25) is 4.79 Å². The number of aliphatic carboxylic acids is 1. The molecule has 0 aromatic heterocycles. The topological polar surface area (TPSA) is 60.9 Å². The van der Waals surface area contributed by atoms with Crippen LogP contribution in [0.4, 0.5) is 4.79 Å². The van der Waals surface area contributed by atoms with Crippen molar-refractivity contribution in [1.82, 2.24) is 9.80 Å². The van der Waals surface area contributed by atoms with Crippen LogP contribution in [0.15, 0.2) is 0 Å². The summed E-state index contributed by atoms with van der Waals surface area (Å²) in [7, 11) is 0. The van der Waals surface area contributed by atoms with Crippen molar-refractivity contribution in [3.63, 3.8) is 0 Å². The van der Waals surface area contributed by atoms with Gasteiger partial charge >= 0.3 is 12.0 Å². The molecule has 0 radical (unpaired) electrons. The second-order valence-corrected chi connectivity index (χ2v) is 6.00. The van der Waals surface area contributed by atoms with Crippen molar-refractivity contribution < 1.29 is 14.7 Å². The molecule has 108 valence electrons. The Labute approximate surface area is 114 Å². The molecule has 2 rings (SSSR count). The number of carbonyl (C=O) groups is 2. The third-order valence-corrected chi connectivity index (χ3v) is 4.50. The summed E-state index contributed by atoms with van der Waals surface area (Å²) >= 11 is 0. The molecule has 0 spiro atoms. The predicted octanol–water partition coefficient (Wildman–Crippen LogP) is 2.02. The highest BCUT2D eigenvalue weighted by atomic mass is 16.4. The Bertz CT molecular complexity index is 359. The molecule has 0 aromatic carbocycles. The Balaban J connectivity index is 2.01. The van der Waals surface area contributed by atoms with Gasteiger partial charge in [0.2, 0.25) is 0 Å². The number of nitrogens with zero attached hydrogens (tertiary/aromatic N) is 2. The molecule has 2 aliphatic heterocycles. The van der Waals surface area contributed by atoms with E-state index >= 15 is 0 Å². The first kappa shape index (κ1) is 14.2. The fraction of sp³-hybridized carbons (Fsp3) is 0.857. The molecule has 2 amide bonds. The predicted molar refractivity (Wildman–Crippen MR) is 71.9 cm³/mol. The summed E-state index contributed by atoms with van der Waals surface area (Å²) in [6.45, 7) is 5.75. The molecule has 5 heteroatoms.